The first-order valence-corrected chi connectivity index (χ1v) is 6.76. The molecule has 0 amide bonds. The van der Waals surface area contributed by atoms with Crippen LogP contribution in [0.4, 0.5) is 14.5 Å². The SMILES string of the molecule is Cc1cncc(NS(=O)(=O)c2ccc(F)cc2F)c1. The number of nitrogens with zero attached hydrogens (tertiary/aromatic N) is 1. The minimum atomic E-state index is -4.11. The maximum absolute atomic E-state index is 13.5. The summed E-state index contributed by atoms with van der Waals surface area (Å²) in [4.78, 5) is 3.20. The predicted octanol–water partition coefficient (Wildman–Crippen LogP) is 2.47. The first-order chi connectivity index (χ1) is 8.88. The maximum atomic E-state index is 13.5. The maximum Gasteiger partial charge on any atom is 0.264 e. The van der Waals surface area contributed by atoms with Gasteiger partial charge < -0.3 is 0 Å². The molecule has 0 saturated heterocycles. The summed E-state index contributed by atoms with van der Waals surface area (Å²) in [7, 11) is -4.11. The summed E-state index contributed by atoms with van der Waals surface area (Å²) in [6.45, 7) is 1.74. The highest BCUT2D eigenvalue weighted by molar-refractivity contribution is 7.92. The minimum Gasteiger partial charge on any atom is -0.278 e. The molecule has 4 nitrogen and oxygen atoms in total. The number of anilines is 1. The number of halogens is 2. The number of hydrogen-bond donors (Lipinski definition) is 1. The highest BCUT2D eigenvalue weighted by Crippen LogP contribution is 2.19. The normalized spacial score (nSPS) is 11.3. The van der Waals surface area contributed by atoms with Crippen molar-refractivity contribution in [2.75, 3.05) is 4.72 Å². The van der Waals surface area contributed by atoms with Crippen molar-refractivity contribution in [1.82, 2.24) is 4.98 Å². The molecule has 1 aromatic heterocycles. The van der Waals surface area contributed by atoms with Crippen LogP contribution in [0.5, 0.6) is 0 Å². The fraction of sp³-hybridized carbons (Fsp3) is 0.0833. The highest BCUT2D eigenvalue weighted by Gasteiger charge is 2.19. The van der Waals surface area contributed by atoms with Crippen LogP contribution in [-0.2, 0) is 10.0 Å². The van der Waals surface area contributed by atoms with E-state index in [0.29, 0.717) is 6.07 Å². The standard InChI is InChI=1S/C12H10F2N2O2S/c1-8-4-10(7-15-6-8)16-19(17,18)12-3-2-9(13)5-11(12)14/h2-7,16H,1H3. The van der Waals surface area contributed by atoms with E-state index in [1.54, 1.807) is 19.2 Å². The van der Waals surface area contributed by atoms with Crippen molar-refractivity contribution < 1.29 is 17.2 Å². The fourth-order valence-electron chi connectivity index (χ4n) is 1.51. The molecular weight excluding hydrogens is 274 g/mol. The molecule has 0 aliphatic rings. The van der Waals surface area contributed by atoms with E-state index in [0.717, 1.165) is 17.7 Å². The van der Waals surface area contributed by atoms with Gasteiger partial charge >= 0.3 is 0 Å². The van der Waals surface area contributed by atoms with E-state index in [1.807, 2.05) is 0 Å². The first kappa shape index (κ1) is 13.4. The quantitative estimate of drug-likeness (QED) is 0.942. The predicted molar refractivity (Wildman–Crippen MR) is 66.1 cm³/mol. The van der Waals surface area contributed by atoms with Gasteiger partial charge in [-0.15, -0.1) is 0 Å². The lowest BCUT2D eigenvalue weighted by molar-refractivity contribution is 0.551. The van der Waals surface area contributed by atoms with Crippen LogP contribution >= 0.6 is 0 Å². The Hall–Kier alpha value is -2.02. The van der Waals surface area contributed by atoms with E-state index in [2.05, 4.69) is 9.71 Å². The second-order valence-corrected chi connectivity index (χ2v) is 5.58. The Kier molecular flexibility index (Phi) is 3.48. The summed E-state index contributed by atoms with van der Waals surface area (Å²) in [5.41, 5.74) is 0.962. The third kappa shape index (κ3) is 3.05. The van der Waals surface area contributed by atoms with Crippen molar-refractivity contribution in [3.8, 4) is 0 Å². The summed E-state index contributed by atoms with van der Waals surface area (Å²) in [5, 5.41) is 0. The zero-order valence-electron chi connectivity index (χ0n) is 9.89. The van der Waals surface area contributed by atoms with Crippen LogP contribution in [0.1, 0.15) is 5.56 Å². The Morgan fingerprint density at radius 3 is 2.53 bits per heavy atom. The van der Waals surface area contributed by atoms with Crippen molar-refractivity contribution in [1.29, 1.82) is 0 Å². The number of aromatic nitrogens is 1. The molecule has 1 N–H and O–H groups in total. The summed E-state index contributed by atoms with van der Waals surface area (Å²) in [5.74, 6) is -1.98. The van der Waals surface area contributed by atoms with E-state index in [-0.39, 0.29) is 5.69 Å². The average molecular weight is 284 g/mol. The molecule has 0 saturated carbocycles. The van der Waals surface area contributed by atoms with Gasteiger partial charge in [-0.3, -0.25) is 9.71 Å². The van der Waals surface area contributed by atoms with Gasteiger partial charge in [0.25, 0.3) is 10.0 Å². The summed E-state index contributed by atoms with van der Waals surface area (Å²) in [6.07, 6.45) is 2.85. The van der Waals surface area contributed by atoms with Gasteiger partial charge in [0.2, 0.25) is 0 Å². The summed E-state index contributed by atoms with van der Waals surface area (Å²) in [6, 6.07) is 3.82. The molecule has 19 heavy (non-hydrogen) atoms. The Morgan fingerprint density at radius 1 is 1.16 bits per heavy atom. The Labute approximate surface area is 109 Å². The Balaban J connectivity index is 2.38. The molecule has 1 heterocycles. The third-order valence-electron chi connectivity index (χ3n) is 2.31. The van der Waals surface area contributed by atoms with Gasteiger partial charge in [0.05, 0.1) is 11.9 Å². The van der Waals surface area contributed by atoms with Crippen molar-refractivity contribution in [3.05, 3.63) is 53.9 Å². The number of hydrogen-bond acceptors (Lipinski definition) is 3. The third-order valence-corrected chi connectivity index (χ3v) is 3.73. The monoisotopic (exact) mass is 284 g/mol. The first-order valence-electron chi connectivity index (χ1n) is 5.28. The van der Waals surface area contributed by atoms with Crippen molar-refractivity contribution in [2.24, 2.45) is 0 Å². The summed E-state index contributed by atoms with van der Waals surface area (Å²) < 4.78 is 52.3. The zero-order chi connectivity index (χ0) is 14.0. The van der Waals surface area contributed by atoms with Crippen molar-refractivity contribution >= 4 is 15.7 Å². The van der Waals surface area contributed by atoms with Gasteiger partial charge in [0.1, 0.15) is 16.5 Å². The van der Waals surface area contributed by atoms with Crippen molar-refractivity contribution in [3.63, 3.8) is 0 Å². The average Bonchev–Trinajstić information content (AvgIpc) is 2.27. The minimum absolute atomic E-state index is 0.212. The lowest BCUT2D eigenvalue weighted by Crippen LogP contribution is -2.15. The number of aryl methyl sites for hydroxylation is 1. The second-order valence-electron chi connectivity index (χ2n) is 3.93. The van der Waals surface area contributed by atoms with Crippen LogP contribution in [0.15, 0.2) is 41.6 Å². The van der Waals surface area contributed by atoms with Crippen LogP contribution in [0, 0.1) is 18.6 Å². The van der Waals surface area contributed by atoms with E-state index < -0.39 is 26.6 Å². The van der Waals surface area contributed by atoms with Crippen LogP contribution in [0.3, 0.4) is 0 Å². The van der Waals surface area contributed by atoms with Gasteiger partial charge in [-0.2, -0.15) is 0 Å². The second kappa shape index (κ2) is 4.93. The van der Waals surface area contributed by atoms with Crippen LogP contribution in [0.2, 0.25) is 0 Å². The smallest absolute Gasteiger partial charge is 0.264 e. The molecule has 7 heteroatoms. The topological polar surface area (TPSA) is 59.1 Å². The molecule has 1 aromatic carbocycles. The molecule has 0 bridgehead atoms. The molecule has 0 aliphatic carbocycles. The van der Waals surface area contributed by atoms with E-state index >= 15 is 0 Å². The van der Waals surface area contributed by atoms with Crippen LogP contribution < -0.4 is 4.72 Å². The van der Waals surface area contributed by atoms with Gasteiger partial charge in [-0.25, -0.2) is 17.2 Å². The molecular formula is C12H10F2N2O2S. The lowest BCUT2D eigenvalue weighted by Gasteiger charge is -2.09. The zero-order valence-corrected chi connectivity index (χ0v) is 10.7. The molecule has 2 aromatic rings. The number of nitrogens with one attached hydrogen (secondary N) is 1. The molecule has 0 radical (unpaired) electrons. The fourth-order valence-corrected chi connectivity index (χ4v) is 2.61. The highest BCUT2D eigenvalue weighted by atomic mass is 32.2. The van der Waals surface area contributed by atoms with Crippen LogP contribution in [0.25, 0.3) is 0 Å². The van der Waals surface area contributed by atoms with E-state index in [4.69, 9.17) is 0 Å². The van der Waals surface area contributed by atoms with Gasteiger partial charge in [-0.05, 0) is 30.7 Å². The molecule has 2 rings (SSSR count). The summed E-state index contributed by atoms with van der Waals surface area (Å²) >= 11 is 0. The van der Waals surface area contributed by atoms with Crippen LogP contribution in [-0.4, -0.2) is 13.4 Å². The molecule has 0 aliphatic heterocycles. The number of sulfonamides is 1. The number of benzene rings is 1. The van der Waals surface area contributed by atoms with Gasteiger partial charge in [0.15, 0.2) is 0 Å². The molecule has 0 spiro atoms. The van der Waals surface area contributed by atoms with Crippen molar-refractivity contribution in [2.45, 2.75) is 11.8 Å². The lowest BCUT2D eigenvalue weighted by atomic mass is 10.3. The van der Waals surface area contributed by atoms with E-state index in [9.17, 15) is 17.2 Å². The van der Waals surface area contributed by atoms with Gasteiger partial charge in [-0.1, -0.05) is 0 Å². The van der Waals surface area contributed by atoms with Gasteiger partial charge in [0, 0.05) is 12.3 Å². The Bertz CT molecular complexity index is 717. The Morgan fingerprint density at radius 2 is 1.89 bits per heavy atom. The number of rotatable bonds is 3. The molecule has 100 valence electrons. The molecule has 0 fully saturated rings. The molecule has 0 atom stereocenters. The largest absolute Gasteiger partial charge is 0.278 e. The number of pyridine rings is 1. The molecule has 0 unspecified atom stereocenters. The van der Waals surface area contributed by atoms with E-state index in [1.165, 1.54) is 6.20 Å².